The van der Waals surface area contributed by atoms with E-state index in [1.54, 1.807) is 0 Å². The van der Waals surface area contributed by atoms with Gasteiger partial charge in [0.25, 0.3) is 0 Å². The van der Waals surface area contributed by atoms with Gasteiger partial charge in [0.15, 0.2) is 0 Å². The number of rotatable bonds is 4. The average molecular weight is 611 g/mol. The summed E-state index contributed by atoms with van der Waals surface area (Å²) < 4.78 is 4.61. The molecule has 0 aliphatic carbocycles. The maximum Gasteiger partial charge on any atom is 0.0992 e. The van der Waals surface area contributed by atoms with Crippen molar-refractivity contribution in [3.05, 3.63) is 169 Å². The zero-order chi connectivity index (χ0) is 32.2. The first-order valence-corrected chi connectivity index (χ1v) is 15.9. The van der Waals surface area contributed by atoms with Crippen molar-refractivity contribution in [3.8, 4) is 45.8 Å². The molecule has 0 amide bonds. The molecule has 0 saturated carbocycles. The van der Waals surface area contributed by atoms with Gasteiger partial charge in [-0.3, -0.25) is 0 Å². The summed E-state index contributed by atoms with van der Waals surface area (Å²) in [5, 5.41) is 24.1. The second-order valence-electron chi connectivity index (χ2n) is 12.0. The molecule has 0 atom stereocenters. The Morgan fingerprint density at radius 3 is 1.65 bits per heavy atom. The van der Waals surface area contributed by atoms with E-state index in [1.807, 2.05) is 42.5 Å². The van der Waals surface area contributed by atoms with E-state index in [0.29, 0.717) is 11.1 Å². The van der Waals surface area contributed by atoms with Crippen molar-refractivity contribution in [1.29, 1.82) is 10.5 Å². The molecule has 222 valence electrons. The van der Waals surface area contributed by atoms with Gasteiger partial charge >= 0.3 is 0 Å². The van der Waals surface area contributed by atoms with E-state index in [1.165, 1.54) is 10.8 Å². The molecule has 9 rings (SSSR count). The molecule has 2 aromatic heterocycles. The van der Waals surface area contributed by atoms with Crippen molar-refractivity contribution in [2.75, 3.05) is 0 Å². The number of para-hydroxylation sites is 4. The van der Waals surface area contributed by atoms with E-state index in [0.717, 1.165) is 66.5 Å². The third kappa shape index (κ3) is 4.07. The highest BCUT2D eigenvalue weighted by Crippen LogP contribution is 2.43. The fourth-order valence-electron chi connectivity index (χ4n) is 7.37. The summed E-state index contributed by atoms with van der Waals surface area (Å²) in [6.07, 6.45) is 0. The zero-order valence-electron chi connectivity index (χ0n) is 25.8. The summed E-state index contributed by atoms with van der Waals surface area (Å²) in [6.45, 7) is 0. The quantitative estimate of drug-likeness (QED) is 0.199. The lowest BCUT2D eigenvalue weighted by Crippen LogP contribution is -1.99. The van der Waals surface area contributed by atoms with E-state index in [4.69, 9.17) is 0 Å². The van der Waals surface area contributed by atoms with E-state index >= 15 is 0 Å². The van der Waals surface area contributed by atoms with Crippen LogP contribution in [0.3, 0.4) is 0 Å². The van der Waals surface area contributed by atoms with E-state index in [2.05, 4.69) is 137 Å². The van der Waals surface area contributed by atoms with Crippen molar-refractivity contribution >= 4 is 43.6 Å². The number of nitrogens with zero attached hydrogens (tertiary/aromatic N) is 4. The van der Waals surface area contributed by atoms with Crippen LogP contribution < -0.4 is 0 Å². The van der Waals surface area contributed by atoms with E-state index < -0.39 is 0 Å². The Morgan fingerprint density at radius 1 is 0.375 bits per heavy atom. The average Bonchev–Trinajstić information content (AvgIpc) is 3.67. The van der Waals surface area contributed by atoms with Gasteiger partial charge < -0.3 is 9.13 Å². The van der Waals surface area contributed by atoms with Crippen LogP contribution in [0.2, 0.25) is 0 Å². The monoisotopic (exact) mass is 610 g/mol. The van der Waals surface area contributed by atoms with Gasteiger partial charge in [-0.05, 0) is 65.7 Å². The van der Waals surface area contributed by atoms with Crippen molar-refractivity contribution in [2.24, 2.45) is 0 Å². The molecular weight excluding hydrogens is 585 g/mol. The first kappa shape index (κ1) is 27.4. The molecule has 0 spiro atoms. The van der Waals surface area contributed by atoms with Gasteiger partial charge in [0.2, 0.25) is 0 Å². The maximum atomic E-state index is 9.80. The molecule has 2 heterocycles. The molecule has 7 aromatic carbocycles. The molecule has 0 bridgehead atoms. The van der Waals surface area contributed by atoms with Crippen molar-refractivity contribution in [3.63, 3.8) is 0 Å². The van der Waals surface area contributed by atoms with Crippen LogP contribution in [0.4, 0.5) is 0 Å². The Kier molecular flexibility index (Phi) is 6.22. The summed E-state index contributed by atoms with van der Waals surface area (Å²) in [7, 11) is 0. The van der Waals surface area contributed by atoms with Crippen LogP contribution >= 0.6 is 0 Å². The third-order valence-electron chi connectivity index (χ3n) is 9.38. The summed E-state index contributed by atoms with van der Waals surface area (Å²) in [5.74, 6) is 0. The Bertz CT molecular complexity index is 2760. The first-order chi connectivity index (χ1) is 23.7. The second-order valence-corrected chi connectivity index (χ2v) is 12.0. The highest BCUT2D eigenvalue weighted by molar-refractivity contribution is 6.15. The lowest BCUT2D eigenvalue weighted by molar-refractivity contribution is 1.17. The Morgan fingerprint density at radius 2 is 0.917 bits per heavy atom. The van der Waals surface area contributed by atoms with Crippen LogP contribution in [-0.2, 0) is 0 Å². The van der Waals surface area contributed by atoms with Crippen molar-refractivity contribution < 1.29 is 0 Å². The highest BCUT2D eigenvalue weighted by Gasteiger charge is 2.21. The Balaban J connectivity index is 1.36. The molecule has 4 heteroatoms. The molecule has 9 aromatic rings. The smallest absolute Gasteiger partial charge is 0.0992 e. The lowest BCUT2D eigenvalue weighted by Gasteiger charge is -2.18. The molecule has 0 N–H and O–H groups in total. The molecule has 0 radical (unpaired) electrons. The minimum Gasteiger partial charge on any atom is -0.309 e. The van der Waals surface area contributed by atoms with Gasteiger partial charge in [-0.15, -0.1) is 0 Å². The minimum atomic E-state index is 0.592. The molecule has 0 unspecified atom stereocenters. The van der Waals surface area contributed by atoms with E-state index in [9.17, 15) is 10.5 Å². The minimum absolute atomic E-state index is 0.592. The fraction of sp³-hybridized carbons (Fsp3) is 0. The van der Waals surface area contributed by atoms with Crippen LogP contribution in [0.1, 0.15) is 11.1 Å². The summed E-state index contributed by atoms with van der Waals surface area (Å²) >= 11 is 0. The van der Waals surface area contributed by atoms with Crippen LogP contribution in [0.15, 0.2) is 158 Å². The number of hydrogen-bond acceptors (Lipinski definition) is 2. The summed E-state index contributed by atoms with van der Waals surface area (Å²) in [5.41, 5.74) is 11.9. The molecular formula is C44H26N4. The van der Waals surface area contributed by atoms with Crippen LogP contribution in [0.5, 0.6) is 0 Å². The van der Waals surface area contributed by atoms with Crippen molar-refractivity contribution in [1.82, 2.24) is 9.13 Å². The first-order valence-electron chi connectivity index (χ1n) is 15.9. The standard InChI is InChI=1S/C44H26N4/c45-27-29-11-9-12-31(25-29)47-43-24-23-30(28-46)26-39(43)38-19-10-18-37(44(38)47)33-14-2-1-13-32(33)34-15-3-6-20-40(34)48-41-21-7-4-16-35(41)36-17-5-8-22-42(36)48/h1-26H. The third-order valence-corrected chi connectivity index (χ3v) is 9.38. The molecule has 0 saturated heterocycles. The number of benzene rings is 7. The van der Waals surface area contributed by atoms with Crippen molar-refractivity contribution in [2.45, 2.75) is 0 Å². The normalized spacial score (nSPS) is 11.3. The summed E-state index contributed by atoms with van der Waals surface area (Å²) in [4.78, 5) is 0. The van der Waals surface area contributed by atoms with Gasteiger partial charge in [-0.25, -0.2) is 0 Å². The van der Waals surface area contributed by atoms with E-state index in [-0.39, 0.29) is 0 Å². The van der Waals surface area contributed by atoms with Crippen LogP contribution in [0, 0.1) is 22.7 Å². The number of aromatic nitrogens is 2. The topological polar surface area (TPSA) is 57.4 Å². The zero-order valence-corrected chi connectivity index (χ0v) is 25.8. The number of hydrogen-bond donors (Lipinski definition) is 0. The lowest BCUT2D eigenvalue weighted by atomic mass is 9.92. The molecule has 48 heavy (non-hydrogen) atoms. The molecule has 0 aliphatic rings. The largest absolute Gasteiger partial charge is 0.309 e. The Labute approximate surface area is 277 Å². The highest BCUT2D eigenvalue weighted by atomic mass is 15.0. The molecule has 4 nitrogen and oxygen atoms in total. The Hall–Kier alpha value is -6.88. The number of nitriles is 2. The summed E-state index contributed by atoms with van der Waals surface area (Å²) in [6, 6.07) is 59.0. The van der Waals surface area contributed by atoms with Crippen LogP contribution in [0.25, 0.3) is 77.2 Å². The predicted octanol–water partition coefficient (Wildman–Crippen LogP) is 11.0. The van der Waals surface area contributed by atoms with Gasteiger partial charge in [-0.2, -0.15) is 10.5 Å². The van der Waals surface area contributed by atoms with Gasteiger partial charge in [-0.1, -0.05) is 103 Å². The fourth-order valence-corrected chi connectivity index (χ4v) is 7.37. The second kappa shape index (κ2) is 10.9. The van der Waals surface area contributed by atoms with Gasteiger partial charge in [0, 0.05) is 38.4 Å². The predicted molar refractivity (Wildman–Crippen MR) is 195 cm³/mol. The maximum absolute atomic E-state index is 9.80. The molecule has 0 aliphatic heterocycles. The SMILES string of the molecule is N#Cc1cccc(-n2c3ccc(C#N)cc3c3cccc(-c4ccccc4-c4ccccc4-n4c5ccccc5c5ccccc54)c32)c1. The number of fused-ring (bicyclic) bond motifs is 6. The van der Waals surface area contributed by atoms with Crippen LogP contribution in [-0.4, -0.2) is 9.13 Å². The molecule has 0 fully saturated rings. The van der Waals surface area contributed by atoms with Gasteiger partial charge in [0.1, 0.15) is 0 Å². The van der Waals surface area contributed by atoms with Gasteiger partial charge in [0.05, 0.1) is 51.0 Å².